The van der Waals surface area contributed by atoms with Crippen LogP contribution in [0.25, 0.3) is 10.8 Å². The standard InChI is InChI=1S/C27H27ClN2O3/c28-22-12-10-20(11-13-22)25-18-30(15-16-33-25)26(31)21-7-4-14-29(17-21)27(32)24-9-3-6-19-5-1-2-8-23(19)24/h1-3,5-6,8-13,21,25H,4,7,14-18H2. The molecule has 0 N–H and O–H groups in total. The van der Waals surface area contributed by atoms with Crippen molar-refractivity contribution in [1.82, 2.24) is 9.80 Å². The highest BCUT2D eigenvalue weighted by atomic mass is 35.5. The molecule has 0 spiro atoms. The Morgan fingerprint density at radius 3 is 2.52 bits per heavy atom. The highest BCUT2D eigenvalue weighted by molar-refractivity contribution is 6.30. The molecule has 2 fully saturated rings. The minimum absolute atomic E-state index is 0.00492. The number of fused-ring (bicyclic) bond motifs is 1. The van der Waals surface area contributed by atoms with Gasteiger partial charge in [0.2, 0.25) is 5.91 Å². The van der Waals surface area contributed by atoms with Crippen molar-refractivity contribution >= 4 is 34.2 Å². The molecule has 33 heavy (non-hydrogen) atoms. The first-order valence-corrected chi connectivity index (χ1v) is 11.9. The van der Waals surface area contributed by atoms with E-state index in [0.717, 1.165) is 29.2 Å². The molecule has 0 aromatic heterocycles. The van der Waals surface area contributed by atoms with E-state index in [9.17, 15) is 9.59 Å². The zero-order chi connectivity index (χ0) is 22.8. The summed E-state index contributed by atoms with van der Waals surface area (Å²) in [6, 6.07) is 21.4. The van der Waals surface area contributed by atoms with Crippen LogP contribution in [0, 0.1) is 5.92 Å². The van der Waals surface area contributed by atoms with Gasteiger partial charge in [-0.3, -0.25) is 9.59 Å². The molecule has 6 heteroatoms. The van der Waals surface area contributed by atoms with E-state index in [2.05, 4.69) is 0 Å². The third-order valence-electron chi connectivity index (χ3n) is 6.70. The number of carbonyl (C=O) groups is 2. The number of hydrogen-bond donors (Lipinski definition) is 0. The minimum Gasteiger partial charge on any atom is -0.370 e. The molecule has 2 heterocycles. The molecule has 5 nitrogen and oxygen atoms in total. The lowest BCUT2D eigenvalue weighted by Gasteiger charge is -2.38. The molecule has 0 aliphatic carbocycles. The summed E-state index contributed by atoms with van der Waals surface area (Å²) in [6.07, 6.45) is 1.48. The summed E-state index contributed by atoms with van der Waals surface area (Å²) in [6.45, 7) is 2.75. The molecule has 2 amide bonds. The predicted octanol–water partition coefficient (Wildman–Crippen LogP) is 4.95. The SMILES string of the molecule is O=C(c1cccc2ccccc12)N1CCCC(C(=O)N2CCOC(c3ccc(Cl)cc3)C2)C1. The Labute approximate surface area is 198 Å². The zero-order valence-electron chi connectivity index (χ0n) is 18.5. The molecule has 2 unspecified atom stereocenters. The van der Waals surface area contributed by atoms with Gasteiger partial charge < -0.3 is 14.5 Å². The third kappa shape index (κ3) is 4.61. The van der Waals surface area contributed by atoms with Crippen molar-refractivity contribution in [3.05, 3.63) is 82.9 Å². The molecule has 0 saturated carbocycles. The van der Waals surface area contributed by atoms with Gasteiger partial charge in [-0.05, 0) is 47.4 Å². The molecular formula is C27H27ClN2O3. The maximum Gasteiger partial charge on any atom is 0.254 e. The van der Waals surface area contributed by atoms with Crippen LogP contribution < -0.4 is 0 Å². The van der Waals surface area contributed by atoms with E-state index in [1.54, 1.807) is 0 Å². The Bertz CT molecular complexity index is 1160. The Kier molecular flexibility index (Phi) is 6.34. The van der Waals surface area contributed by atoms with Crippen LogP contribution in [-0.2, 0) is 9.53 Å². The number of ether oxygens (including phenoxy) is 1. The Balaban J connectivity index is 1.28. The van der Waals surface area contributed by atoms with Gasteiger partial charge in [-0.2, -0.15) is 0 Å². The van der Waals surface area contributed by atoms with Crippen molar-refractivity contribution < 1.29 is 14.3 Å². The van der Waals surface area contributed by atoms with E-state index in [1.807, 2.05) is 76.5 Å². The van der Waals surface area contributed by atoms with Gasteiger partial charge in [0.05, 0.1) is 19.1 Å². The van der Waals surface area contributed by atoms with Gasteiger partial charge >= 0.3 is 0 Å². The number of amides is 2. The molecule has 5 rings (SSSR count). The number of piperidine rings is 1. The average molecular weight is 463 g/mol. The highest BCUT2D eigenvalue weighted by Gasteiger charge is 2.34. The van der Waals surface area contributed by atoms with Crippen molar-refractivity contribution in [2.75, 3.05) is 32.8 Å². The summed E-state index contributed by atoms with van der Waals surface area (Å²) >= 11 is 6.01. The minimum atomic E-state index is -0.179. The molecule has 2 atom stereocenters. The summed E-state index contributed by atoms with van der Waals surface area (Å²) in [7, 11) is 0. The normalized spacial score (nSPS) is 21.2. The number of halogens is 1. The summed E-state index contributed by atoms with van der Waals surface area (Å²) in [5, 5.41) is 2.69. The molecule has 0 bridgehead atoms. The second-order valence-electron chi connectivity index (χ2n) is 8.81. The fourth-order valence-electron chi connectivity index (χ4n) is 4.93. The van der Waals surface area contributed by atoms with Crippen LogP contribution in [0.1, 0.15) is 34.9 Å². The maximum atomic E-state index is 13.4. The van der Waals surface area contributed by atoms with E-state index in [-0.39, 0.29) is 23.8 Å². The molecular weight excluding hydrogens is 436 g/mol. The number of hydrogen-bond acceptors (Lipinski definition) is 3. The topological polar surface area (TPSA) is 49.9 Å². The van der Waals surface area contributed by atoms with Crippen LogP contribution in [0.4, 0.5) is 0 Å². The lowest BCUT2D eigenvalue weighted by molar-refractivity contribution is -0.144. The number of nitrogens with zero attached hydrogens (tertiary/aromatic N) is 2. The van der Waals surface area contributed by atoms with Crippen LogP contribution in [0.2, 0.25) is 5.02 Å². The first-order chi connectivity index (χ1) is 16.1. The summed E-state index contributed by atoms with van der Waals surface area (Å²) in [5.41, 5.74) is 1.73. The van der Waals surface area contributed by atoms with Gasteiger partial charge in [0.15, 0.2) is 0 Å². The second kappa shape index (κ2) is 9.54. The molecule has 0 radical (unpaired) electrons. The van der Waals surface area contributed by atoms with Gasteiger partial charge in [0, 0.05) is 30.2 Å². The van der Waals surface area contributed by atoms with Gasteiger partial charge in [-0.15, -0.1) is 0 Å². The molecule has 3 aromatic rings. The second-order valence-corrected chi connectivity index (χ2v) is 9.25. The van der Waals surface area contributed by atoms with Crippen molar-refractivity contribution in [2.24, 2.45) is 5.92 Å². The molecule has 3 aromatic carbocycles. The van der Waals surface area contributed by atoms with Crippen LogP contribution in [0.15, 0.2) is 66.7 Å². The van der Waals surface area contributed by atoms with Gasteiger partial charge in [0.1, 0.15) is 6.10 Å². The lowest BCUT2D eigenvalue weighted by Crippen LogP contribution is -2.50. The fourth-order valence-corrected chi connectivity index (χ4v) is 5.06. The molecule has 2 aliphatic rings. The summed E-state index contributed by atoms with van der Waals surface area (Å²) < 4.78 is 5.93. The van der Waals surface area contributed by atoms with Crippen LogP contribution >= 0.6 is 11.6 Å². The maximum absolute atomic E-state index is 13.4. The van der Waals surface area contributed by atoms with E-state index in [0.29, 0.717) is 43.4 Å². The van der Waals surface area contributed by atoms with Crippen molar-refractivity contribution in [2.45, 2.75) is 18.9 Å². The van der Waals surface area contributed by atoms with Gasteiger partial charge in [-0.1, -0.05) is 60.1 Å². The smallest absolute Gasteiger partial charge is 0.254 e. The van der Waals surface area contributed by atoms with Crippen molar-refractivity contribution in [1.29, 1.82) is 0 Å². The monoisotopic (exact) mass is 462 g/mol. The van der Waals surface area contributed by atoms with Crippen molar-refractivity contribution in [3.8, 4) is 0 Å². The number of rotatable bonds is 3. The Morgan fingerprint density at radius 1 is 0.879 bits per heavy atom. The number of morpholine rings is 1. The number of likely N-dealkylation sites (tertiary alicyclic amines) is 1. The Hall–Kier alpha value is -2.89. The van der Waals surface area contributed by atoms with E-state index < -0.39 is 0 Å². The molecule has 2 saturated heterocycles. The first kappa shape index (κ1) is 21.9. The van der Waals surface area contributed by atoms with Gasteiger partial charge in [0.25, 0.3) is 5.91 Å². The molecule has 170 valence electrons. The van der Waals surface area contributed by atoms with Gasteiger partial charge in [-0.25, -0.2) is 0 Å². The lowest BCUT2D eigenvalue weighted by atomic mass is 9.94. The summed E-state index contributed by atoms with van der Waals surface area (Å²) in [4.78, 5) is 30.6. The van der Waals surface area contributed by atoms with E-state index >= 15 is 0 Å². The Morgan fingerprint density at radius 2 is 1.67 bits per heavy atom. The number of carbonyl (C=O) groups excluding carboxylic acids is 2. The van der Waals surface area contributed by atoms with E-state index in [4.69, 9.17) is 16.3 Å². The first-order valence-electron chi connectivity index (χ1n) is 11.5. The van der Waals surface area contributed by atoms with Crippen molar-refractivity contribution in [3.63, 3.8) is 0 Å². The highest BCUT2D eigenvalue weighted by Crippen LogP contribution is 2.28. The fraction of sp³-hybridized carbons (Fsp3) is 0.333. The van der Waals surface area contributed by atoms with Crippen LogP contribution in [0.5, 0.6) is 0 Å². The average Bonchev–Trinajstić information content (AvgIpc) is 2.88. The summed E-state index contributed by atoms with van der Waals surface area (Å²) in [5.74, 6) is -0.0559. The largest absolute Gasteiger partial charge is 0.370 e. The zero-order valence-corrected chi connectivity index (χ0v) is 19.2. The quantitative estimate of drug-likeness (QED) is 0.553. The van der Waals surface area contributed by atoms with Crippen LogP contribution in [-0.4, -0.2) is 54.4 Å². The predicted molar refractivity (Wildman–Crippen MR) is 129 cm³/mol. The van der Waals surface area contributed by atoms with Crippen LogP contribution in [0.3, 0.4) is 0 Å². The molecule has 2 aliphatic heterocycles. The third-order valence-corrected chi connectivity index (χ3v) is 6.95. The number of benzene rings is 3. The van der Waals surface area contributed by atoms with E-state index in [1.165, 1.54) is 0 Å².